The smallest absolute Gasteiger partial charge is 0.546 e. The first-order valence-corrected chi connectivity index (χ1v) is 12.4. The molecule has 0 amide bonds. The van der Waals surface area contributed by atoms with Gasteiger partial charge in [0.15, 0.2) is 5.76 Å². The molecule has 0 saturated carbocycles. The number of aromatic nitrogens is 1. The summed E-state index contributed by atoms with van der Waals surface area (Å²) in [6.07, 6.45) is 7.35. The Kier molecular flexibility index (Phi) is 9.40. The molecule has 6 heteroatoms. The molecule has 5 nitrogen and oxygen atoms in total. The Morgan fingerprint density at radius 1 is 0.946 bits per heavy atom. The standard InChI is InChI=1S/C31H29NO4.Na/c33-28(34)21-35-26-17-10-11-22(20-26)19-25-16-8-3-9-18-27(25)31-32-29(23-12-4-1-5-13-23)30(36-31)24-14-6-2-7-15-24;/h1-2,4-7,10-15,17-18,20,25H,3,8-9,16,19,21H2,(H,33,34);/q;+1/p-1. The van der Waals surface area contributed by atoms with Crippen molar-refractivity contribution in [3.63, 3.8) is 0 Å². The van der Waals surface area contributed by atoms with Crippen LogP contribution in [0.5, 0.6) is 5.75 Å². The Balaban J connectivity index is 0.00000320. The maximum absolute atomic E-state index is 10.8. The SMILES string of the molecule is O=C([O-])COc1cccc(CC2CCCCC=C2c2nc(-c3ccccc3)c(-c3ccccc3)o2)c1.[Na+]. The molecule has 4 aromatic rings. The summed E-state index contributed by atoms with van der Waals surface area (Å²) in [4.78, 5) is 15.8. The van der Waals surface area contributed by atoms with Crippen molar-refractivity contribution in [3.8, 4) is 28.3 Å². The summed E-state index contributed by atoms with van der Waals surface area (Å²) in [5, 5.41) is 10.8. The van der Waals surface area contributed by atoms with E-state index in [9.17, 15) is 9.90 Å². The van der Waals surface area contributed by atoms with Gasteiger partial charge in [0, 0.05) is 16.7 Å². The van der Waals surface area contributed by atoms with E-state index in [2.05, 4.69) is 24.3 Å². The molecular weight excluding hydrogens is 473 g/mol. The average molecular weight is 502 g/mol. The molecule has 3 aromatic carbocycles. The Labute approximate surface area is 239 Å². The normalized spacial score (nSPS) is 15.2. The summed E-state index contributed by atoms with van der Waals surface area (Å²) in [5.41, 5.74) is 5.08. The van der Waals surface area contributed by atoms with Crippen LogP contribution in [0, 0.1) is 5.92 Å². The zero-order chi connectivity index (χ0) is 24.7. The van der Waals surface area contributed by atoms with Gasteiger partial charge in [-0.1, -0.05) is 85.3 Å². The third-order valence-corrected chi connectivity index (χ3v) is 6.51. The van der Waals surface area contributed by atoms with Gasteiger partial charge in [0.05, 0.1) is 5.97 Å². The molecule has 0 aliphatic heterocycles. The third kappa shape index (κ3) is 6.80. The Bertz CT molecular complexity index is 1290. The summed E-state index contributed by atoms with van der Waals surface area (Å²) < 4.78 is 11.9. The van der Waals surface area contributed by atoms with Gasteiger partial charge in [-0.2, -0.15) is 0 Å². The van der Waals surface area contributed by atoms with Gasteiger partial charge in [0.1, 0.15) is 18.1 Å². The van der Waals surface area contributed by atoms with E-state index in [4.69, 9.17) is 14.1 Å². The van der Waals surface area contributed by atoms with Crippen LogP contribution in [-0.2, 0) is 11.2 Å². The van der Waals surface area contributed by atoms with E-state index in [1.165, 1.54) is 0 Å². The first-order chi connectivity index (χ1) is 17.7. The van der Waals surface area contributed by atoms with Gasteiger partial charge in [0.2, 0.25) is 5.89 Å². The molecule has 182 valence electrons. The van der Waals surface area contributed by atoms with Gasteiger partial charge in [-0.15, -0.1) is 0 Å². The molecule has 37 heavy (non-hydrogen) atoms. The average Bonchev–Trinajstić information content (AvgIpc) is 3.23. The van der Waals surface area contributed by atoms with Gasteiger partial charge < -0.3 is 19.1 Å². The topological polar surface area (TPSA) is 75.4 Å². The van der Waals surface area contributed by atoms with Crippen LogP contribution in [0.4, 0.5) is 0 Å². The van der Waals surface area contributed by atoms with Gasteiger partial charge in [-0.3, -0.25) is 0 Å². The van der Waals surface area contributed by atoms with E-state index >= 15 is 0 Å². The Morgan fingerprint density at radius 3 is 2.41 bits per heavy atom. The minimum Gasteiger partial charge on any atom is -0.546 e. The van der Waals surface area contributed by atoms with Gasteiger partial charge in [-0.25, -0.2) is 4.98 Å². The molecule has 0 radical (unpaired) electrons. The Morgan fingerprint density at radius 2 is 1.68 bits per heavy atom. The summed E-state index contributed by atoms with van der Waals surface area (Å²) in [5.74, 6) is 0.976. The number of carboxylic acids is 1. The van der Waals surface area contributed by atoms with Crippen molar-refractivity contribution in [2.75, 3.05) is 6.61 Å². The number of nitrogens with zero attached hydrogens (tertiary/aromatic N) is 1. The number of hydrogen-bond acceptors (Lipinski definition) is 5. The van der Waals surface area contributed by atoms with Crippen molar-refractivity contribution in [2.24, 2.45) is 5.92 Å². The first-order valence-electron chi connectivity index (χ1n) is 12.4. The Hall–Kier alpha value is -3.12. The number of aliphatic carboxylic acids is 1. The van der Waals surface area contributed by atoms with E-state index in [0.717, 1.165) is 65.8 Å². The van der Waals surface area contributed by atoms with Crippen molar-refractivity contribution in [3.05, 3.63) is 102 Å². The van der Waals surface area contributed by atoms with Crippen LogP contribution in [0.3, 0.4) is 0 Å². The zero-order valence-corrected chi connectivity index (χ0v) is 23.1. The van der Waals surface area contributed by atoms with Crippen molar-refractivity contribution in [1.29, 1.82) is 0 Å². The molecule has 0 N–H and O–H groups in total. The third-order valence-electron chi connectivity index (χ3n) is 6.51. The van der Waals surface area contributed by atoms with Crippen molar-refractivity contribution < 1.29 is 48.6 Å². The quantitative estimate of drug-likeness (QED) is 0.347. The zero-order valence-electron chi connectivity index (χ0n) is 21.1. The molecule has 1 aromatic heterocycles. The maximum Gasteiger partial charge on any atom is 1.00 e. The van der Waals surface area contributed by atoms with E-state index < -0.39 is 12.6 Å². The monoisotopic (exact) mass is 501 g/mol. The predicted octanol–water partition coefficient (Wildman–Crippen LogP) is 2.96. The number of ether oxygens (including phenoxy) is 1. The second-order valence-corrected chi connectivity index (χ2v) is 9.08. The molecule has 1 aliphatic carbocycles. The second-order valence-electron chi connectivity index (χ2n) is 9.08. The number of benzene rings is 3. The molecule has 0 spiro atoms. The van der Waals surface area contributed by atoms with Crippen LogP contribution in [0.2, 0.25) is 0 Å². The molecule has 1 unspecified atom stereocenters. The fourth-order valence-corrected chi connectivity index (χ4v) is 4.80. The number of carbonyl (C=O) groups excluding carboxylic acids is 1. The summed E-state index contributed by atoms with van der Waals surface area (Å²) in [6, 6.07) is 27.9. The van der Waals surface area contributed by atoms with Crippen LogP contribution in [0.15, 0.2) is 95.4 Å². The molecule has 0 saturated heterocycles. The summed E-state index contributed by atoms with van der Waals surface area (Å²) in [6.45, 7) is -0.459. The molecule has 5 rings (SSSR count). The fraction of sp³-hybridized carbons (Fsp3) is 0.226. The second kappa shape index (κ2) is 12.9. The van der Waals surface area contributed by atoms with Crippen LogP contribution in [0.1, 0.15) is 37.1 Å². The maximum atomic E-state index is 10.8. The number of hydrogen-bond donors (Lipinski definition) is 0. The van der Waals surface area contributed by atoms with Gasteiger partial charge in [-0.05, 0) is 49.3 Å². The van der Waals surface area contributed by atoms with Crippen LogP contribution in [0.25, 0.3) is 28.2 Å². The van der Waals surface area contributed by atoms with Crippen molar-refractivity contribution in [2.45, 2.75) is 32.1 Å². The number of oxazole rings is 1. The van der Waals surface area contributed by atoms with Crippen LogP contribution >= 0.6 is 0 Å². The predicted molar refractivity (Wildman–Crippen MR) is 138 cm³/mol. The van der Waals surface area contributed by atoms with E-state index in [1.807, 2.05) is 60.7 Å². The van der Waals surface area contributed by atoms with Crippen molar-refractivity contribution in [1.82, 2.24) is 4.98 Å². The number of carbonyl (C=O) groups is 1. The number of carboxylic acid groups (broad SMARTS) is 1. The first kappa shape index (κ1) is 26.9. The van der Waals surface area contributed by atoms with Crippen LogP contribution < -0.4 is 39.4 Å². The molecule has 1 heterocycles. The largest absolute Gasteiger partial charge is 1.00 e. The molecular formula is C31H28NNaO4. The minimum atomic E-state index is -1.23. The molecule has 0 fully saturated rings. The number of allylic oxidation sites excluding steroid dienone is 2. The van der Waals surface area contributed by atoms with Gasteiger partial charge in [0.25, 0.3) is 0 Å². The van der Waals surface area contributed by atoms with Gasteiger partial charge >= 0.3 is 29.6 Å². The van der Waals surface area contributed by atoms with E-state index in [0.29, 0.717) is 11.6 Å². The number of rotatable bonds is 8. The fourth-order valence-electron chi connectivity index (χ4n) is 4.80. The molecule has 1 aliphatic rings. The van der Waals surface area contributed by atoms with E-state index in [1.54, 1.807) is 6.07 Å². The summed E-state index contributed by atoms with van der Waals surface area (Å²) in [7, 11) is 0. The summed E-state index contributed by atoms with van der Waals surface area (Å²) >= 11 is 0. The minimum absolute atomic E-state index is 0. The van der Waals surface area contributed by atoms with Crippen molar-refractivity contribution >= 4 is 11.5 Å². The molecule has 0 bridgehead atoms. The van der Waals surface area contributed by atoms with Crippen LogP contribution in [-0.4, -0.2) is 17.6 Å². The molecule has 1 atom stereocenters. The van der Waals surface area contributed by atoms with E-state index in [-0.39, 0.29) is 35.5 Å².